The fraction of sp³-hybridized carbons (Fsp3) is 0.936. The molecule has 0 aliphatic carbocycles. The molecule has 516 valence electrons. The number of hydrogen-bond acceptors (Lipinski definition) is 8. The van der Waals surface area contributed by atoms with Gasteiger partial charge in [0.2, 0.25) is 5.91 Å². The Hall–Kier alpha value is -1.33. The summed E-state index contributed by atoms with van der Waals surface area (Å²) in [5.41, 5.74) is 0. The molecule has 9 heteroatoms. The molecule has 7 unspecified atom stereocenters. The summed E-state index contributed by atoms with van der Waals surface area (Å²) in [5.74, 6) is -0.134. The Labute approximate surface area is 540 Å². The molecule has 0 radical (unpaired) electrons. The van der Waals surface area contributed by atoms with Gasteiger partial charge >= 0.3 is 0 Å². The van der Waals surface area contributed by atoms with Crippen LogP contribution in [0, 0.1) is 0 Å². The van der Waals surface area contributed by atoms with Gasteiger partial charge in [-0.15, -0.1) is 0 Å². The van der Waals surface area contributed by atoms with Gasteiger partial charge in [0.25, 0.3) is 0 Å². The standard InChI is InChI=1S/C78H151NO8/c1-3-5-7-9-11-13-15-17-19-21-23-25-27-29-31-33-35-36-38-40-42-44-46-48-50-52-54-56-58-60-62-64-66-68-74(82)79-71(70-86-78-77(85)76(84)75(83)73(69-80)87-78)72(81)67-65-63-61-59-57-55-53-51-49-47-45-43-41-39-37-34-32-30-28-26-24-22-20-18-16-14-12-10-8-6-4-2/h15,17,21,23,71-73,75-78,80-81,83-85H,3-14,16,18-20,22,24-70H2,1-2H3,(H,79,82)/b17-15-,23-21-. The number of nitrogens with one attached hydrogen (secondary N) is 1. The van der Waals surface area contributed by atoms with E-state index in [1.807, 2.05) is 0 Å². The second kappa shape index (κ2) is 67.6. The molecule has 6 N–H and O–H groups in total. The third-order valence-corrected chi connectivity index (χ3v) is 19.1. The number of rotatable bonds is 70. The number of ether oxygens (including phenoxy) is 2. The van der Waals surface area contributed by atoms with E-state index in [2.05, 4.69) is 43.5 Å². The Balaban J connectivity index is 2.06. The van der Waals surface area contributed by atoms with Crippen LogP contribution in [0.25, 0.3) is 0 Å². The van der Waals surface area contributed by atoms with E-state index in [0.717, 1.165) is 44.9 Å². The Kier molecular flexibility index (Phi) is 65.0. The molecule has 1 aliphatic heterocycles. The molecule has 1 heterocycles. The van der Waals surface area contributed by atoms with E-state index in [9.17, 15) is 30.3 Å². The van der Waals surface area contributed by atoms with Crippen LogP contribution >= 0.6 is 0 Å². The quantitative estimate of drug-likeness (QED) is 0.0261. The number of aliphatic hydroxyl groups is 5. The smallest absolute Gasteiger partial charge is 0.220 e. The fourth-order valence-electron chi connectivity index (χ4n) is 13.0. The molecule has 1 saturated heterocycles. The monoisotopic (exact) mass is 1230 g/mol. The number of allylic oxidation sites excluding steroid dienone is 4. The first-order chi connectivity index (χ1) is 42.8. The SMILES string of the molecule is CCCCCCC/C=C\C/C=C\CCCCCCCCCCCCCCCCCCCCCCCC(=O)NC(COC1OC(CO)C(O)C(O)C1O)C(O)CCCCCCCCCCCCCCCCCCCCCCCCCCCCCCCCC. The minimum Gasteiger partial charge on any atom is -0.394 e. The molecular formula is C78H151NO8. The molecule has 1 aliphatic rings. The topological polar surface area (TPSA) is 149 Å². The van der Waals surface area contributed by atoms with Crippen LogP contribution in [0.4, 0.5) is 0 Å². The van der Waals surface area contributed by atoms with E-state index in [4.69, 9.17) is 9.47 Å². The van der Waals surface area contributed by atoms with Gasteiger partial charge in [-0.2, -0.15) is 0 Å². The first-order valence-electron chi connectivity index (χ1n) is 39.0. The number of carbonyl (C=O) groups is 1. The number of amides is 1. The van der Waals surface area contributed by atoms with Crippen molar-refractivity contribution in [3.05, 3.63) is 24.3 Å². The van der Waals surface area contributed by atoms with Gasteiger partial charge in [0.05, 0.1) is 25.4 Å². The molecule has 1 fully saturated rings. The van der Waals surface area contributed by atoms with Crippen molar-refractivity contribution in [3.8, 4) is 0 Å². The van der Waals surface area contributed by atoms with E-state index < -0.39 is 49.5 Å². The van der Waals surface area contributed by atoms with Crippen molar-refractivity contribution in [2.24, 2.45) is 0 Å². The fourth-order valence-corrected chi connectivity index (χ4v) is 13.0. The average molecular weight is 1230 g/mol. The summed E-state index contributed by atoms with van der Waals surface area (Å²) >= 11 is 0. The van der Waals surface area contributed by atoms with Gasteiger partial charge in [0.15, 0.2) is 6.29 Å². The molecule has 1 rings (SSSR count). The first-order valence-corrected chi connectivity index (χ1v) is 39.0. The van der Waals surface area contributed by atoms with Crippen molar-refractivity contribution in [1.29, 1.82) is 0 Å². The third-order valence-electron chi connectivity index (χ3n) is 19.1. The Bertz CT molecular complexity index is 1430. The largest absolute Gasteiger partial charge is 0.394 e. The summed E-state index contributed by atoms with van der Waals surface area (Å²) in [7, 11) is 0. The summed E-state index contributed by atoms with van der Waals surface area (Å²) in [4.78, 5) is 13.2. The molecule has 9 nitrogen and oxygen atoms in total. The number of unbranched alkanes of at least 4 members (excludes halogenated alkanes) is 56. The highest BCUT2D eigenvalue weighted by atomic mass is 16.7. The third kappa shape index (κ3) is 56.0. The molecule has 87 heavy (non-hydrogen) atoms. The van der Waals surface area contributed by atoms with Crippen molar-refractivity contribution in [2.45, 2.75) is 455 Å². The molecule has 0 aromatic rings. The zero-order valence-electron chi connectivity index (χ0n) is 58.1. The molecule has 0 spiro atoms. The maximum atomic E-state index is 13.2. The maximum absolute atomic E-state index is 13.2. The van der Waals surface area contributed by atoms with E-state index in [1.165, 1.54) is 340 Å². The summed E-state index contributed by atoms with van der Waals surface area (Å²) in [6, 6.07) is -0.718. The van der Waals surface area contributed by atoms with Crippen molar-refractivity contribution in [3.63, 3.8) is 0 Å². The highest BCUT2D eigenvalue weighted by Crippen LogP contribution is 2.24. The molecular weight excluding hydrogens is 1080 g/mol. The van der Waals surface area contributed by atoms with Crippen molar-refractivity contribution >= 4 is 5.91 Å². The lowest BCUT2D eigenvalue weighted by Gasteiger charge is -2.40. The Morgan fingerprint density at radius 1 is 0.391 bits per heavy atom. The molecule has 1 amide bonds. The average Bonchev–Trinajstić information content (AvgIpc) is 3.38. The maximum Gasteiger partial charge on any atom is 0.220 e. The summed E-state index contributed by atoms with van der Waals surface area (Å²) < 4.78 is 11.4. The van der Waals surface area contributed by atoms with Gasteiger partial charge < -0.3 is 40.3 Å². The van der Waals surface area contributed by atoms with Crippen LogP contribution in [0.1, 0.15) is 412 Å². The highest BCUT2D eigenvalue weighted by Gasteiger charge is 2.44. The lowest BCUT2D eigenvalue weighted by molar-refractivity contribution is -0.302. The van der Waals surface area contributed by atoms with Gasteiger partial charge in [-0.05, 0) is 44.9 Å². The van der Waals surface area contributed by atoms with Crippen LogP contribution in [-0.4, -0.2) is 87.5 Å². The van der Waals surface area contributed by atoms with Crippen molar-refractivity contribution in [2.75, 3.05) is 13.2 Å². The van der Waals surface area contributed by atoms with E-state index in [1.54, 1.807) is 0 Å². The minimum absolute atomic E-state index is 0.132. The zero-order valence-corrected chi connectivity index (χ0v) is 58.1. The van der Waals surface area contributed by atoms with Gasteiger partial charge in [-0.1, -0.05) is 385 Å². The van der Waals surface area contributed by atoms with Crippen molar-refractivity contribution < 1.29 is 39.8 Å². The molecule has 7 atom stereocenters. The molecule has 0 aromatic carbocycles. The molecule has 0 saturated carbocycles. The first kappa shape index (κ1) is 83.7. The highest BCUT2D eigenvalue weighted by molar-refractivity contribution is 5.76. The number of carbonyl (C=O) groups excluding carboxylic acids is 1. The van der Waals surface area contributed by atoms with Gasteiger partial charge in [-0.3, -0.25) is 4.79 Å². The summed E-state index contributed by atoms with van der Waals surface area (Å²) in [6.45, 7) is 3.90. The second-order valence-electron chi connectivity index (χ2n) is 27.5. The predicted octanol–water partition coefficient (Wildman–Crippen LogP) is 22.0. The van der Waals surface area contributed by atoms with E-state index >= 15 is 0 Å². The number of hydrogen-bond donors (Lipinski definition) is 6. The lowest BCUT2D eigenvalue weighted by atomic mass is 9.99. The Morgan fingerprint density at radius 2 is 0.678 bits per heavy atom. The van der Waals surface area contributed by atoms with Crippen LogP contribution in [-0.2, 0) is 14.3 Å². The van der Waals surface area contributed by atoms with Crippen LogP contribution in [0.5, 0.6) is 0 Å². The predicted molar refractivity (Wildman–Crippen MR) is 374 cm³/mol. The van der Waals surface area contributed by atoms with Gasteiger partial charge in [-0.25, -0.2) is 0 Å². The van der Waals surface area contributed by atoms with Crippen LogP contribution in [0.3, 0.4) is 0 Å². The summed E-state index contributed by atoms with van der Waals surface area (Å²) in [6.07, 6.45) is 82.8. The van der Waals surface area contributed by atoms with Crippen molar-refractivity contribution in [1.82, 2.24) is 5.32 Å². The molecule has 0 bridgehead atoms. The second-order valence-corrected chi connectivity index (χ2v) is 27.5. The molecule has 0 aromatic heterocycles. The van der Waals surface area contributed by atoms with Crippen LogP contribution in [0.2, 0.25) is 0 Å². The zero-order chi connectivity index (χ0) is 62.8. The minimum atomic E-state index is -1.55. The van der Waals surface area contributed by atoms with Gasteiger partial charge in [0.1, 0.15) is 24.4 Å². The van der Waals surface area contributed by atoms with Gasteiger partial charge in [0, 0.05) is 6.42 Å². The normalized spacial score (nSPS) is 18.0. The van der Waals surface area contributed by atoms with E-state index in [-0.39, 0.29) is 12.5 Å². The van der Waals surface area contributed by atoms with E-state index in [0.29, 0.717) is 12.8 Å². The Morgan fingerprint density at radius 3 is 0.989 bits per heavy atom. The summed E-state index contributed by atoms with van der Waals surface area (Å²) in [5, 5.41) is 55.1. The van der Waals surface area contributed by atoms with Crippen LogP contribution < -0.4 is 5.32 Å². The number of aliphatic hydroxyl groups excluding tert-OH is 5. The lowest BCUT2D eigenvalue weighted by Crippen LogP contribution is -2.60. The van der Waals surface area contributed by atoms with Crippen LogP contribution in [0.15, 0.2) is 24.3 Å².